The van der Waals surface area contributed by atoms with E-state index in [1.807, 2.05) is 0 Å². The Morgan fingerprint density at radius 1 is 1.11 bits per heavy atom. The zero-order chi connectivity index (χ0) is 27.6. The average molecular weight is 533 g/mol. The van der Waals surface area contributed by atoms with Gasteiger partial charge in [0.1, 0.15) is 11.6 Å². The highest BCUT2D eigenvalue weighted by atomic mass is 19.4. The van der Waals surface area contributed by atoms with Crippen molar-refractivity contribution in [1.82, 2.24) is 19.8 Å². The maximum absolute atomic E-state index is 13.3. The number of halogens is 3. The highest BCUT2D eigenvalue weighted by Gasteiger charge is 2.31. The minimum atomic E-state index is -4.53. The van der Waals surface area contributed by atoms with Crippen molar-refractivity contribution >= 4 is 28.5 Å². The lowest BCUT2D eigenvalue weighted by atomic mass is 10.0. The summed E-state index contributed by atoms with van der Waals surface area (Å²) in [4.78, 5) is 25.7. The number of anilines is 2. The van der Waals surface area contributed by atoms with E-state index in [0.717, 1.165) is 31.8 Å². The van der Waals surface area contributed by atoms with Crippen LogP contribution in [0, 0.1) is 6.92 Å². The molecule has 1 aliphatic heterocycles. The minimum Gasteiger partial charge on any atom is -0.493 e. The number of hydrogen-bond donors (Lipinski definition) is 2. The van der Waals surface area contributed by atoms with Gasteiger partial charge in [0.25, 0.3) is 0 Å². The third-order valence-electron chi connectivity index (χ3n) is 6.53. The number of benzene rings is 2. The molecule has 1 aromatic heterocycles. The first kappa shape index (κ1) is 27.2. The Kier molecular flexibility index (Phi) is 7.81. The van der Waals surface area contributed by atoms with Crippen LogP contribution in [-0.2, 0) is 6.18 Å². The van der Waals surface area contributed by atoms with E-state index in [-0.39, 0.29) is 11.4 Å². The third kappa shape index (κ3) is 6.01. The van der Waals surface area contributed by atoms with Gasteiger partial charge in [-0.05, 0) is 50.2 Å². The number of nitrogens with one attached hydrogen (secondary N) is 1. The van der Waals surface area contributed by atoms with Gasteiger partial charge in [0.05, 0.1) is 24.2 Å². The quantitative estimate of drug-likeness (QED) is 0.434. The van der Waals surface area contributed by atoms with Gasteiger partial charge in [0.15, 0.2) is 11.5 Å². The first-order chi connectivity index (χ1) is 18.0. The fourth-order valence-electron chi connectivity index (χ4n) is 4.39. The maximum atomic E-state index is 13.3. The van der Waals surface area contributed by atoms with Gasteiger partial charge in [0.2, 0.25) is 0 Å². The van der Waals surface area contributed by atoms with E-state index >= 15 is 0 Å². The number of fused-ring (bicyclic) bond motifs is 1. The average Bonchev–Trinajstić information content (AvgIpc) is 2.87. The van der Waals surface area contributed by atoms with Gasteiger partial charge < -0.3 is 30.3 Å². The van der Waals surface area contributed by atoms with E-state index in [1.165, 1.54) is 13.2 Å². The van der Waals surface area contributed by atoms with Crippen molar-refractivity contribution in [3.8, 4) is 11.5 Å². The monoisotopic (exact) mass is 532 g/mol. The number of nitrogen functional groups attached to an aromatic ring is 1. The molecule has 1 unspecified atom stereocenters. The molecule has 1 fully saturated rings. The van der Waals surface area contributed by atoms with Crippen LogP contribution in [0.1, 0.15) is 36.8 Å². The highest BCUT2D eigenvalue weighted by Crippen LogP contribution is 2.37. The Bertz CT molecular complexity index is 1330. The van der Waals surface area contributed by atoms with Crippen LogP contribution >= 0.6 is 0 Å². The number of carbonyl (C=O) groups excluding carboxylic acids is 1. The second-order valence-electron chi connectivity index (χ2n) is 9.18. The molecule has 0 saturated carbocycles. The number of aryl methyl sites for hydroxylation is 1. The number of alkyl halides is 3. The number of rotatable bonds is 6. The maximum Gasteiger partial charge on any atom is 0.416 e. The molecular formula is C26H31F3N6O3. The normalized spacial score (nSPS) is 15.4. The van der Waals surface area contributed by atoms with Crippen molar-refractivity contribution in [1.29, 1.82) is 0 Å². The number of carbonyl (C=O) groups is 1. The fraction of sp³-hybridized carbons (Fsp3) is 0.423. The molecule has 38 heavy (non-hydrogen) atoms. The van der Waals surface area contributed by atoms with Crippen LogP contribution in [0.2, 0.25) is 0 Å². The summed E-state index contributed by atoms with van der Waals surface area (Å²) in [5.41, 5.74) is 5.79. The van der Waals surface area contributed by atoms with Crippen molar-refractivity contribution in [2.45, 2.75) is 33.0 Å². The summed E-state index contributed by atoms with van der Waals surface area (Å²) < 4.78 is 51.2. The minimum absolute atomic E-state index is 0.00547. The summed E-state index contributed by atoms with van der Waals surface area (Å²) >= 11 is 0. The Balaban J connectivity index is 1.65. The summed E-state index contributed by atoms with van der Waals surface area (Å²) in [6, 6.07) is 6.09. The zero-order valence-corrected chi connectivity index (χ0v) is 21.7. The van der Waals surface area contributed by atoms with Gasteiger partial charge in [-0.1, -0.05) is 6.92 Å². The molecule has 204 valence electrons. The Morgan fingerprint density at radius 2 is 1.82 bits per heavy atom. The van der Waals surface area contributed by atoms with Crippen molar-refractivity contribution < 1.29 is 27.4 Å². The molecule has 0 bridgehead atoms. The van der Waals surface area contributed by atoms with Crippen LogP contribution in [0.15, 0.2) is 30.3 Å². The molecule has 4 rings (SSSR count). The molecule has 0 radical (unpaired) electrons. The molecule has 2 aromatic carbocycles. The Labute approximate surface area is 218 Å². The number of methoxy groups -OCH3 is 1. The number of nitrogens with two attached hydrogens (primary N) is 1. The van der Waals surface area contributed by atoms with Crippen molar-refractivity contribution in [2.24, 2.45) is 0 Å². The number of amides is 1. The smallest absolute Gasteiger partial charge is 0.416 e. The van der Waals surface area contributed by atoms with E-state index in [4.69, 9.17) is 15.2 Å². The molecule has 1 atom stereocenters. The van der Waals surface area contributed by atoms with Crippen molar-refractivity contribution in [3.63, 3.8) is 0 Å². The third-order valence-corrected chi connectivity index (χ3v) is 6.53. The van der Waals surface area contributed by atoms with Crippen molar-refractivity contribution in [3.05, 3.63) is 47.3 Å². The van der Waals surface area contributed by atoms with Gasteiger partial charge in [-0.2, -0.15) is 13.2 Å². The highest BCUT2D eigenvalue weighted by molar-refractivity contribution is 5.92. The summed E-state index contributed by atoms with van der Waals surface area (Å²) in [6.45, 7) is 9.03. The number of hydrogen-bond acceptors (Lipinski definition) is 8. The topological polar surface area (TPSA) is 106 Å². The first-order valence-electron chi connectivity index (χ1n) is 12.3. The van der Waals surface area contributed by atoms with Crippen LogP contribution < -0.4 is 20.5 Å². The Morgan fingerprint density at radius 3 is 2.45 bits per heavy atom. The van der Waals surface area contributed by atoms with E-state index in [1.54, 1.807) is 30.9 Å². The zero-order valence-electron chi connectivity index (χ0n) is 21.7. The van der Waals surface area contributed by atoms with Crippen LogP contribution in [-0.4, -0.2) is 65.7 Å². The van der Waals surface area contributed by atoms with E-state index in [9.17, 15) is 18.0 Å². The van der Waals surface area contributed by atoms with E-state index in [2.05, 4.69) is 27.1 Å². The number of nitrogens with zero attached hydrogens (tertiary/aromatic N) is 4. The summed E-state index contributed by atoms with van der Waals surface area (Å²) in [5, 5.41) is 3.68. The summed E-state index contributed by atoms with van der Waals surface area (Å²) in [7, 11) is 1.46. The number of piperazine rings is 1. The van der Waals surface area contributed by atoms with Crippen LogP contribution in [0.3, 0.4) is 0 Å². The number of ether oxygens (including phenoxy) is 2. The number of likely N-dealkylation sites (N-methyl/N-ethyl adjacent to an activating group) is 1. The molecule has 2 heterocycles. The molecule has 3 aromatic rings. The molecule has 9 nitrogen and oxygen atoms in total. The largest absolute Gasteiger partial charge is 0.493 e. The van der Waals surface area contributed by atoms with Gasteiger partial charge in [-0.25, -0.2) is 14.8 Å². The first-order valence-corrected chi connectivity index (χ1v) is 12.3. The van der Waals surface area contributed by atoms with Crippen LogP contribution in [0.5, 0.6) is 11.5 Å². The van der Waals surface area contributed by atoms with Crippen LogP contribution in [0.4, 0.5) is 29.5 Å². The van der Waals surface area contributed by atoms with Crippen molar-refractivity contribution in [2.75, 3.05) is 50.9 Å². The van der Waals surface area contributed by atoms with E-state index < -0.39 is 23.9 Å². The molecule has 0 aliphatic carbocycles. The van der Waals surface area contributed by atoms with Gasteiger partial charge in [-0.3, -0.25) is 0 Å². The SMILES string of the molecule is CCN1CCN(C(=O)Oc2cc3c(NC(C)c4cc(N)cc(C(F)(F)F)c4)nc(C)nc3cc2OC)CC1. The van der Waals surface area contributed by atoms with E-state index in [0.29, 0.717) is 46.9 Å². The summed E-state index contributed by atoms with van der Waals surface area (Å²) in [5.74, 6) is 1.32. The molecule has 3 N–H and O–H groups in total. The van der Waals surface area contributed by atoms with Crippen LogP contribution in [0.25, 0.3) is 10.9 Å². The second-order valence-corrected chi connectivity index (χ2v) is 9.18. The lowest BCUT2D eigenvalue weighted by molar-refractivity contribution is -0.137. The lowest BCUT2D eigenvalue weighted by Crippen LogP contribution is -2.49. The van der Waals surface area contributed by atoms with Gasteiger partial charge >= 0.3 is 12.3 Å². The molecule has 0 spiro atoms. The predicted molar refractivity (Wildman–Crippen MR) is 138 cm³/mol. The Hall–Kier alpha value is -3.80. The van der Waals surface area contributed by atoms with Gasteiger partial charge in [0, 0.05) is 43.3 Å². The number of aromatic nitrogens is 2. The fourth-order valence-corrected chi connectivity index (χ4v) is 4.39. The van der Waals surface area contributed by atoms with Gasteiger partial charge in [-0.15, -0.1) is 0 Å². The second kappa shape index (κ2) is 10.9. The predicted octanol–water partition coefficient (Wildman–Crippen LogP) is 4.86. The molecule has 1 saturated heterocycles. The molecule has 12 heteroatoms. The standard InChI is InChI=1S/C26H31F3N6O3/c1-5-34-6-8-35(9-7-34)25(36)38-23-13-20-21(14-22(23)37-4)32-16(3)33-24(20)31-15(2)17-10-18(26(27,28)29)12-19(30)11-17/h10-15H,5-9,30H2,1-4H3,(H,31,32,33). The lowest BCUT2D eigenvalue weighted by Gasteiger charge is -2.33. The molecular weight excluding hydrogens is 501 g/mol. The summed E-state index contributed by atoms with van der Waals surface area (Å²) in [6.07, 6.45) is -5.02. The molecule has 1 aliphatic rings. The molecule has 1 amide bonds.